The average molecular weight is 387 g/mol. The third kappa shape index (κ3) is 4.02. The van der Waals surface area contributed by atoms with Crippen molar-refractivity contribution in [1.29, 1.82) is 0 Å². The first-order chi connectivity index (χ1) is 12.5. The summed E-state index contributed by atoms with van der Waals surface area (Å²) in [6, 6.07) is 12.1. The molecule has 0 aliphatic rings. The van der Waals surface area contributed by atoms with E-state index in [1.54, 1.807) is 30.2 Å². The number of thiazole rings is 1. The molecular formula is C20H22N2O2S2. The normalized spacial score (nSPS) is 11.9. The molecule has 0 saturated carbocycles. The van der Waals surface area contributed by atoms with Crippen LogP contribution in [0.15, 0.2) is 46.3 Å². The van der Waals surface area contributed by atoms with E-state index in [9.17, 15) is 4.79 Å². The van der Waals surface area contributed by atoms with Gasteiger partial charge in [-0.15, -0.1) is 11.8 Å². The fourth-order valence-electron chi connectivity index (χ4n) is 2.73. The molecule has 3 rings (SSSR count). The smallest absolute Gasteiger partial charge is 0.249 e. The van der Waals surface area contributed by atoms with Gasteiger partial charge in [0.2, 0.25) is 5.91 Å². The van der Waals surface area contributed by atoms with Crippen molar-refractivity contribution in [3.63, 3.8) is 0 Å². The first-order valence-electron chi connectivity index (χ1n) is 8.39. The molecule has 0 fully saturated rings. The number of benzene rings is 2. The molecule has 0 aliphatic heterocycles. The highest BCUT2D eigenvalue weighted by atomic mass is 32.2. The molecule has 26 heavy (non-hydrogen) atoms. The number of fused-ring (bicyclic) bond motifs is 1. The van der Waals surface area contributed by atoms with Crippen LogP contribution in [0.5, 0.6) is 5.75 Å². The van der Waals surface area contributed by atoms with Gasteiger partial charge in [0.1, 0.15) is 5.75 Å². The van der Waals surface area contributed by atoms with E-state index in [0.717, 1.165) is 25.7 Å². The number of aryl methyl sites for hydroxylation is 3. The molecule has 0 saturated heterocycles. The molecule has 136 valence electrons. The fourth-order valence-corrected chi connectivity index (χ4v) is 4.66. The van der Waals surface area contributed by atoms with Gasteiger partial charge < -0.3 is 9.30 Å². The first kappa shape index (κ1) is 18.7. The first-order valence-corrected chi connectivity index (χ1v) is 10.2. The van der Waals surface area contributed by atoms with Crippen molar-refractivity contribution in [3.8, 4) is 5.75 Å². The minimum Gasteiger partial charge on any atom is -0.497 e. The molecule has 2 aromatic carbocycles. The van der Waals surface area contributed by atoms with E-state index in [1.807, 2.05) is 35.9 Å². The van der Waals surface area contributed by atoms with E-state index >= 15 is 0 Å². The number of carbonyl (C=O) groups excluding carboxylic acids is 1. The lowest BCUT2D eigenvalue weighted by Gasteiger charge is -2.03. The van der Waals surface area contributed by atoms with Crippen molar-refractivity contribution in [2.75, 3.05) is 12.9 Å². The second kappa shape index (κ2) is 8.10. The van der Waals surface area contributed by atoms with Gasteiger partial charge in [-0.1, -0.05) is 17.4 Å². The highest BCUT2D eigenvalue weighted by Crippen LogP contribution is 2.23. The monoisotopic (exact) mass is 386 g/mol. The summed E-state index contributed by atoms with van der Waals surface area (Å²) < 4.78 is 8.34. The molecule has 0 unspecified atom stereocenters. The molecular weight excluding hydrogens is 364 g/mol. The molecule has 0 aliphatic carbocycles. The standard InChI is InChI=1S/C20H22N2O2S2/c1-13-5-10-17-19(14(13)2)22(3)20(26-17)21-18(23)11-12-25-16-8-6-15(24-4)7-9-16/h5-10H,11-12H2,1-4H3. The van der Waals surface area contributed by atoms with Crippen LogP contribution in [0.2, 0.25) is 0 Å². The second-order valence-electron chi connectivity index (χ2n) is 6.08. The van der Waals surface area contributed by atoms with E-state index in [0.29, 0.717) is 12.2 Å². The van der Waals surface area contributed by atoms with Crippen LogP contribution in [0.3, 0.4) is 0 Å². The maximum atomic E-state index is 12.3. The van der Waals surface area contributed by atoms with Crippen LogP contribution in [0.4, 0.5) is 0 Å². The number of hydrogen-bond donors (Lipinski definition) is 0. The summed E-state index contributed by atoms with van der Waals surface area (Å²) >= 11 is 3.22. The van der Waals surface area contributed by atoms with Gasteiger partial charge in [0.15, 0.2) is 4.80 Å². The summed E-state index contributed by atoms with van der Waals surface area (Å²) in [6.45, 7) is 4.21. The number of thioether (sulfide) groups is 1. The van der Waals surface area contributed by atoms with E-state index in [2.05, 4.69) is 31.0 Å². The van der Waals surface area contributed by atoms with Gasteiger partial charge in [-0.25, -0.2) is 0 Å². The molecule has 0 N–H and O–H groups in total. The Labute approximate surface area is 161 Å². The predicted molar refractivity (Wildman–Crippen MR) is 109 cm³/mol. The molecule has 0 atom stereocenters. The summed E-state index contributed by atoms with van der Waals surface area (Å²) in [4.78, 5) is 18.5. The number of hydrogen-bond acceptors (Lipinski definition) is 4. The Balaban J connectivity index is 1.69. The maximum absolute atomic E-state index is 12.3. The average Bonchev–Trinajstić information content (AvgIpc) is 2.95. The van der Waals surface area contributed by atoms with Crippen molar-refractivity contribution >= 4 is 39.2 Å². The van der Waals surface area contributed by atoms with Crippen LogP contribution >= 0.6 is 23.1 Å². The van der Waals surface area contributed by atoms with Crippen molar-refractivity contribution in [1.82, 2.24) is 4.57 Å². The van der Waals surface area contributed by atoms with Gasteiger partial charge in [0.05, 0.1) is 17.3 Å². The van der Waals surface area contributed by atoms with Crippen LogP contribution < -0.4 is 9.54 Å². The lowest BCUT2D eigenvalue weighted by atomic mass is 10.1. The number of carbonyl (C=O) groups is 1. The Morgan fingerprint density at radius 3 is 2.62 bits per heavy atom. The Morgan fingerprint density at radius 1 is 1.19 bits per heavy atom. The van der Waals surface area contributed by atoms with Crippen LogP contribution in [0, 0.1) is 13.8 Å². The fraction of sp³-hybridized carbons (Fsp3) is 0.300. The van der Waals surface area contributed by atoms with Crippen LogP contribution in [0.25, 0.3) is 10.2 Å². The summed E-state index contributed by atoms with van der Waals surface area (Å²) in [7, 11) is 3.63. The Bertz CT molecular complexity index is 1000. The predicted octanol–water partition coefficient (Wildman–Crippen LogP) is 4.47. The van der Waals surface area contributed by atoms with Crippen molar-refractivity contribution in [2.45, 2.75) is 25.2 Å². The molecule has 4 nitrogen and oxygen atoms in total. The zero-order chi connectivity index (χ0) is 18.7. The molecule has 1 heterocycles. The lowest BCUT2D eigenvalue weighted by Crippen LogP contribution is -2.14. The molecule has 1 amide bonds. The second-order valence-corrected chi connectivity index (χ2v) is 8.25. The van der Waals surface area contributed by atoms with Crippen molar-refractivity contribution in [3.05, 3.63) is 52.3 Å². The van der Waals surface area contributed by atoms with Crippen LogP contribution in [0.1, 0.15) is 17.5 Å². The van der Waals surface area contributed by atoms with Gasteiger partial charge in [-0.05, 0) is 55.3 Å². The van der Waals surface area contributed by atoms with Crippen LogP contribution in [-0.2, 0) is 11.8 Å². The van der Waals surface area contributed by atoms with Gasteiger partial charge in [-0.2, -0.15) is 4.99 Å². The zero-order valence-corrected chi connectivity index (χ0v) is 17.0. The molecule has 0 radical (unpaired) electrons. The number of methoxy groups -OCH3 is 1. The summed E-state index contributed by atoms with van der Waals surface area (Å²) in [5.41, 5.74) is 3.65. The summed E-state index contributed by atoms with van der Waals surface area (Å²) in [5, 5.41) is 0. The lowest BCUT2D eigenvalue weighted by molar-refractivity contribution is -0.117. The quantitative estimate of drug-likeness (QED) is 0.608. The number of ether oxygens (including phenoxy) is 1. The van der Waals surface area contributed by atoms with Gasteiger partial charge in [-0.3, -0.25) is 4.79 Å². The van der Waals surface area contributed by atoms with Gasteiger partial charge in [0.25, 0.3) is 0 Å². The molecule has 0 spiro atoms. The Morgan fingerprint density at radius 2 is 1.92 bits per heavy atom. The Kier molecular flexibility index (Phi) is 5.84. The van der Waals surface area contributed by atoms with Crippen LogP contribution in [-0.4, -0.2) is 23.3 Å². The van der Waals surface area contributed by atoms with Crippen molar-refractivity contribution in [2.24, 2.45) is 12.0 Å². The van der Waals surface area contributed by atoms with E-state index in [1.165, 1.54) is 11.1 Å². The molecule has 6 heteroatoms. The molecule has 3 aromatic rings. The van der Waals surface area contributed by atoms with E-state index < -0.39 is 0 Å². The topological polar surface area (TPSA) is 43.6 Å². The minimum atomic E-state index is -0.0810. The summed E-state index contributed by atoms with van der Waals surface area (Å²) in [5.74, 6) is 1.47. The number of nitrogens with zero attached hydrogens (tertiary/aromatic N) is 2. The van der Waals surface area contributed by atoms with Gasteiger partial charge in [0, 0.05) is 24.1 Å². The van der Waals surface area contributed by atoms with Crippen molar-refractivity contribution < 1.29 is 9.53 Å². The zero-order valence-electron chi connectivity index (χ0n) is 15.4. The molecule has 1 aromatic heterocycles. The highest BCUT2D eigenvalue weighted by Gasteiger charge is 2.09. The largest absolute Gasteiger partial charge is 0.497 e. The number of rotatable bonds is 5. The number of amides is 1. The minimum absolute atomic E-state index is 0.0810. The Hall–Kier alpha value is -2.05. The third-order valence-corrected chi connectivity index (χ3v) is 6.46. The highest BCUT2D eigenvalue weighted by molar-refractivity contribution is 7.99. The SMILES string of the molecule is COc1ccc(SCCC(=O)N=c2sc3ccc(C)c(C)c3n2C)cc1. The third-order valence-electron chi connectivity index (χ3n) is 4.35. The van der Waals surface area contributed by atoms with E-state index in [-0.39, 0.29) is 5.91 Å². The summed E-state index contributed by atoms with van der Waals surface area (Å²) in [6.07, 6.45) is 0.420. The van der Waals surface area contributed by atoms with Gasteiger partial charge >= 0.3 is 0 Å². The number of aromatic nitrogens is 1. The maximum Gasteiger partial charge on any atom is 0.249 e. The van der Waals surface area contributed by atoms with E-state index in [4.69, 9.17) is 4.74 Å². The molecule has 0 bridgehead atoms.